The van der Waals surface area contributed by atoms with Crippen molar-refractivity contribution in [2.45, 2.75) is 13.3 Å². The number of hydrogen-bond donors (Lipinski definition) is 2. The highest BCUT2D eigenvalue weighted by molar-refractivity contribution is 7.13. The molecule has 5 nitrogen and oxygen atoms in total. The number of rotatable bonds is 4. The molecule has 19 heavy (non-hydrogen) atoms. The van der Waals surface area contributed by atoms with Crippen molar-refractivity contribution in [3.05, 3.63) is 41.4 Å². The lowest BCUT2D eigenvalue weighted by Crippen LogP contribution is -2.12. The van der Waals surface area contributed by atoms with Crippen LogP contribution in [0.5, 0.6) is 0 Å². The van der Waals surface area contributed by atoms with Gasteiger partial charge in [-0.1, -0.05) is 6.92 Å². The van der Waals surface area contributed by atoms with Crippen LogP contribution >= 0.6 is 11.3 Å². The first-order chi connectivity index (χ1) is 9.19. The van der Waals surface area contributed by atoms with Crippen molar-refractivity contribution in [2.75, 3.05) is 10.6 Å². The maximum absolute atomic E-state index is 11.9. The number of nitrogens with one attached hydrogen (secondary N) is 2. The van der Waals surface area contributed by atoms with E-state index in [9.17, 15) is 9.59 Å². The molecule has 2 N–H and O–H groups in total. The van der Waals surface area contributed by atoms with Crippen LogP contribution in [-0.4, -0.2) is 16.8 Å². The summed E-state index contributed by atoms with van der Waals surface area (Å²) < 4.78 is 0. The zero-order chi connectivity index (χ0) is 13.7. The van der Waals surface area contributed by atoms with Gasteiger partial charge in [-0.25, -0.2) is 4.98 Å². The third kappa shape index (κ3) is 3.62. The van der Waals surface area contributed by atoms with Gasteiger partial charge in [0.25, 0.3) is 5.91 Å². The number of benzene rings is 1. The third-order valence-electron chi connectivity index (χ3n) is 2.40. The molecule has 1 aromatic heterocycles. The van der Waals surface area contributed by atoms with Gasteiger partial charge in [0.2, 0.25) is 5.91 Å². The summed E-state index contributed by atoms with van der Waals surface area (Å²) in [6, 6.07) is 6.72. The van der Waals surface area contributed by atoms with Gasteiger partial charge >= 0.3 is 0 Å². The number of hydrogen-bond acceptors (Lipinski definition) is 4. The van der Waals surface area contributed by atoms with Gasteiger partial charge in [0, 0.05) is 29.2 Å². The van der Waals surface area contributed by atoms with Gasteiger partial charge in [0.05, 0.1) is 0 Å². The predicted octanol–water partition coefficient (Wildman–Crippen LogP) is 2.74. The Morgan fingerprint density at radius 3 is 2.53 bits per heavy atom. The van der Waals surface area contributed by atoms with Crippen LogP contribution in [-0.2, 0) is 4.79 Å². The van der Waals surface area contributed by atoms with Gasteiger partial charge in [0.1, 0.15) is 0 Å². The Morgan fingerprint density at radius 1 is 1.21 bits per heavy atom. The van der Waals surface area contributed by atoms with Crippen molar-refractivity contribution in [3.8, 4) is 0 Å². The smallest absolute Gasteiger partial charge is 0.257 e. The standard InChI is InChI=1S/C13H13N3O2S/c1-2-11(17)15-10-5-3-9(4-6-10)12(18)16-13-14-7-8-19-13/h3-8H,2H2,1H3,(H,15,17)(H,14,16,18). The molecule has 2 rings (SSSR count). The predicted molar refractivity (Wildman–Crippen MR) is 75.4 cm³/mol. The molecule has 0 fully saturated rings. The average Bonchev–Trinajstić information content (AvgIpc) is 2.92. The number of carbonyl (C=O) groups excluding carboxylic acids is 2. The summed E-state index contributed by atoms with van der Waals surface area (Å²) in [4.78, 5) is 27.1. The summed E-state index contributed by atoms with van der Waals surface area (Å²) in [5, 5.41) is 7.77. The van der Waals surface area contributed by atoms with Gasteiger partial charge in [-0.05, 0) is 24.3 Å². The number of aromatic nitrogens is 1. The Hall–Kier alpha value is -2.21. The highest BCUT2D eigenvalue weighted by Crippen LogP contribution is 2.14. The van der Waals surface area contributed by atoms with Crippen molar-refractivity contribution < 1.29 is 9.59 Å². The number of carbonyl (C=O) groups is 2. The minimum Gasteiger partial charge on any atom is -0.326 e. The Kier molecular flexibility index (Phi) is 4.25. The monoisotopic (exact) mass is 275 g/mol. The molecule has 0 saturated carbocycles. The molecule has 98 valence electrons. The first kappa shape index (κ1) is 13.2. The van der Waals surface area contributed by atoms with Crippen LogP contribution in [0.4, 0.5) is 10.8 Å². The molecule has 0 aliphatic rings. The molecule has 0 aliphatic heterocycles. The molecule has 0 bridgehead atoms. The van der Waals surface area contributed by atoms with E-state index in [-0.39, 0.29) is 11.8 Å². The molecule has 0 atom stereocenters. The molecule has 0 aliphatic carbocycles. The zero-order valence-electron chi connectivity index (χ0n) is 10.3. The molecule has 0 spiro atoms. The summed E-state index contributed by atoms with van der Waals surface area (Å²) in [6.45, 7) is 1.78. The van der Waals surface area contributed by atoms with Crippen LogP contribution in [0.1, 0.15) is 23.7 Å². The normalized spacial score (nSPS) is 9.95. The summed E-state index contributed by atoms with van der Waals surface area (Å²) >= 11 is 1.36. The van der Waals surface area contributed by atoms with Crippen LogP contribution in [0, 0.1) is 0 Å². The maximum atomic E-state index is 11.9. The van der Waals surface area contributed by atoms with Crippen molar-refractivity contribution >= 4 is 34.0 Å². The fourth-order valence-electron chi connectivity index (χ4n) is 1.41. The van der Waals surface area contributed by atoms with E-state index in [1.165, 1.54) is 11.3 Å². The second-order valence-electron chi connectivity index (χ2n) is 3.77. The first-order valence-corrected chi connectivity index (χ1v) is 6.67. The number of thiazole rings is 1. The summed E-state index contributed by atoms with van der Waals surface area (Å²) in [5.41, 5.74) is 1.20. The Bertz CT molecular complexity index is 564. The second kappa shape index (κ2) is 6.10. The van der Waals surface area contributed by atoms with Crippen molar-refractivity contribution in [1.29, 1.82) is 0 Å². The van der Waals surface area contributed by atoms with E-state index in [1.54, 1.807) is 42.8 Å². The van der Waals surface area contributed by atoms with Gasteiger partial charge in [0.15, 0.2) is 5.13 Å². The van der Waals surface area contributed by atoms with E-state index < -0.39 is 0 Å². The van der Waals surface area contributed by atoms with Crippen molar-refractivity contribution in [3.63, 3.8) is 0 Å². The van der Waals surface area contributed by atoms with Crippen LogP contribution < -0.4 is 10.6 Å². The number of anilines is 2. The molecule has 0 saturated heterocycles. The zero-order valence-corrected chi connectivity index (χ0v) is 11.2. The second-order valence-corrected chi connectivity index (χ2v) is 4.67. The van der Waals surface area contributed by atoms with Crippen LogP contribution in [0.25, 0.3) is 0 Å². The molecule has 1 heterocycles. The van der Waals surface area contributed by atoms with E-state index in [0.29, 0.717) is 22.8 Å². The molecule has 2 aromatic rings. The highest BCUT2D eigenvalue weighted by Gasteiger charge is 2.07. The topological polar surface area (TPSA) is 71.1 Å². The van der Waals surface area contributed by atoms with E-state index in [1.807, 2.05) is 0 Å². The minimum absolute atomic E-state index is 0.0556. The van der Waals surface area contributed by atoms with Crippen LogP contribution in [0.3, 0.4) is 0 Å². The highest BCUT2D eigenvalue weighted by atomic mass is 32.1. The molecular formula is C13H13N3O2S. The minimum atomic E-state index is -0.219. The van der Waals surface area contributed by atoms with Crippen LogP contribution in [0.15, 0.2) is 35.8 Å². The van der Waals surface area contributed by atoms with Crippen LogP contribution in [0.2, 0.25) is 0 Å². The fourth-order valence-corrected chi connectivity index (χ4v) is 1.93. The van der Waals surface area contributed by atoms with E-state index in [0.717, 1.165) is 0 Å². The quantitative estimate of drug-likeness (QED) is 0.901. The average molecular weight is 275 g/mol. The summed E-state index contributed by atoms with van der Waals surface area (Å²) in [7, 11) is 0. The number of nitrogens with zero attached hydrogens (tertiary/aromatic N) is 1. The van der Waals surface area contributed by atoms with Crippen molar-refractivity contribution in [2.24, 2.45) is 0 Å². The van der Waals surface area contributed by atoms with Crippen molar-refractivity contribution in [1.82, 2.24) is 4.98 Å². The fraction of sp³-hybridized carbons (Fsp3) is 0.154. The SMILES string of the molecule is CCC(=O)Nc1ccc(C(=O)Nc2nccs2)cc1. The molecular weight excluding hydrogens is 262 g/mol. The van der Waals surface area contributed by atoms with Gasteiger partial charge in [-0.2, -0.15) is 0 Å². The van der Waals surface area contributed by atoms with E-state index in [4.69, 9.17) is 0 Å². The maximum Gasteiger partial charge on any atom is 0.257 e. The lowest BCUT2D eigenvalue weighted by Gasteiger charge is -2.05. The Morgan fingerprint density at radius 2 is 1.95 bits per heavy atom. The molecule has 6 heteroatoms. The van der Waals surface area contributed by atoms with Gasteiger partial charge in [-0.3, -0.25) is 14.9 Å². The molecule has 2 amide bonds. The largest absolute Gasteiger partial charge is 0.326 e. The summed E-state index contributed by atoms with van der Waals surface area (Å²) in [5.74, 6) is -0.275. The Labute approximate surface area is 114 Å². The summed E-state index contributed by atoms with van der Waals surface area (Å²) in [6.07, 6.45) is 2.05. The first-order valence-electron chi connectivity index (χ1n) is 5.80. The van der Waals surface area contributed by atoms with E-state index >= 15 is 0 Å². The number of amides is 2. The Balaban J connectivity index is 2.01. The molecule has 1 aromatic carbocycles. The lowest BCUT2D eigenvalue weighted by atomic mass is 10.2. The van der Waals surface area contributed by atoms with E-state index in [2.05, 4.69) is 15.6 Å². The third-order valence-corrected chi connectivity index (χ3v) is 3.09. The molecule has 0 unspecified atom stereocenters. The van der Waals surface area contributed by atoms with Gasteiger partial charge in [-0.15, -0.1) is 11.3 Å². The lowest BCUT2D eigenvalue weighted by molar-refractivity contribution is -0.115. The van der Waals surface area contributed by atoms with Gasteiger partial charge < -0.3 is 5.32 Å². The molecule has 0 radical (unpaired) electrons.